The Bertz CT molecular complexity index is 1010. The Balaban J connectivity index is 1.34. The fraction of sp³-hybridized carbons (Fsp3) is 0.522. The second kappa shape index (κ2) is 8.47. The first-order valence-electron chi connectivity index (χ1n) is 10.7. The lowest BCUT2D eigenvalue weighted by Gasteiger charge is -2.42. The van der Waals surface area contributed by atoms with Gasteiger partial charge in [-0.1, -0.05) is 36.5 Å². The molecule has 160 valence electrons. The molecule has 1 aromatic carbocycles. The van der Waals surface area contributed by atoms with E-state index >= 15 is 0 Å². The smallest absolute Gasteiger partial charge is 0.208 e. The van der Waals surface area contributed by atoms with Gasteiger partial charge in [-0.2, -0.15) is 0 Å². The van der Waals surface area contributed by atoms with Crippen LogP contribution in [0, 0.1) is 5.92 Å². The molecule has 0 saturated carbocycles. The number of Topliss-reactive ketones (excluding diaryl/α,β-unsaturated/α-hetero) is 1. The number of aromatic nitrogens is 3. The highest BCUT2D eigenvalue weighted by Gasteiger charge is 2.27. The lowest BCUT2D eigenvalue weighted by molar-refractivity contribution is 0.0963. The number of para-hydroxylation sites is 1. The van der Waals surface area contributed by atoms with Crippen LogP contribution in [0.15, 0.2) is 30.5 Å². The van der Waals surface area contributed by atoms with Gasteiger partial charge in [-0.25, -0.2) is 0 Å². The quantitative estimate of drug-likeness (QED) is 0.593. The van der Waals surface area contributed by atoms with Crippen LogP contribution in [-0.2, 0) is 6.42 Å². The molecule has 1 aliphatic heterocycles. The van der Waals surface area contributed by atoms with Crippen molar-refractivity contribution in [3.63, 3.8) is 0 Å². The standard InChI is InChI=1S/C23H31N5OS/c1-16(13-17-15-24-19-8-6-5-7-18(17)19)14-20(29)21-25-26-22(30-21)27-9-11-28(12-10-27)23(2,3)4/h5-8,15-16,24H,9-14H2,1-4H3. The van der Waals surface area contributed by atoms with Crippen molar-refractivity contribution in [2.24, 2.45) is 5.92 Å². The molecule has 3 aromatic rings. The van der Waals surface area contributed by atoms with Crippen LogP contribution in [0.5, 0.6) is 0 Å². The number of benzene rings is 1. The zero-order chi connectivity index (χ0) is 21.3. The van der Waals surface area contributed by atoms with Crippen LogP contribution in [-0.4, -0.2) is 57.6 Å². The number of fused-ring (bicyclic) bond motifs is 1. The lowest BCUT2D eigenvalue weighted by Crippen LogP contribution is -2.53. The monoisotopic (exact) mass is 425 g/mol. The van der Waals surface area contributed by atoms with Crippen LogP contribution in [0.3, 0.4) is 0 Å². The van der Waals surface area contributed by atoms with Gasteiger partial charge >= 0.3 is 0 Å². The first-order chi connectivity index (χ1) is 14.3. The molecule has 6 nitrogen and oxygen atoms in total. The molecule has 1 fully saturated rings. The van der Waals surface area contributed by atoms with E-state index in [1.54, 1.807) is 0 Å². The molecule has 1 saturated heterocycles. The van der Waals surface area contributed by atoms with Gasteiger partial charge < -0.3 is 9.88 Å². The summed E-state index contributed by atoms with van der Waals surface area (Å²) in [6, 6.07) is 8.30. The maximum Gasteiger partial charge on any atom is 0.208 e. The van der Waals surface area contributed by atoms with E-state index in [-0.39, 0.29) is 17.2 Å². The number of carbonyl (C=O) groups is 1. The molecular weight excluding hydrogens is 394 g/mol. The van der Waals surface area contributed by atoms with Gasteiger partial charge in [0.2, 0.25) is 5.13 Å². The van der Waals surface area contributed by atoms with E-state index in [1.807, 2.05) is 6.07 Å². The summed E-state index contributed by atoms with van der Waals surface area (Å²) in [5.41, 5.74) is 2.60. The van der Waals surface area contributed by atoms with Gasteiger partial charge in [-0.3, -0.25) is 9.69 Å². The Morgan fingerprint density at radius 1 is 1.17 bits per heavy atom. The Morgan fingerprint density at radius 2 is 1.90 bits per heavy atom. The van der Waals surface area contributed by atoms with Gasteiger partial charge in [-0.15, -0.1) is 10.2 Å². The molecule has 2 aromatic heterocycles. The number of H-pyrrole nitrogens is 1. The molecule has 1 unspecified atom stereocenters. The van der Waals surface area contributed by atoms with Gasteiger partial charge in [0.05, 0.1) is 0 Å². The van der Waals surface area contributed by atoms with Crippen LogP contribution >= 0.6 is 11.3 Å². The largest absolute Gasteiger partial charge is 0.361 e. The van der Waals surface area contributed by atoms with Crippen LogP contribution in [0.25, 0.3) is 10.9 Å². The van der Waals surface area contributed by atoms with Gasteiger partial charge in [0, 0.05) is 55.2 Å². The van der Waals surface area contributed by atoms with Crippen LogP contribution in [0.2, 0.25) is 0 Å². The van der Waals surface area contributed by atoms with E-state index in [4.69, 9.17) is 0 Å². The van der Waals surface area contributed by atoms with Gasteiger partial charge in [-0.05, 0) is 44.7 Å². The number of anilines is 1. The fourth-order valence-corrected chi connectivity index (χ4v) is 5.02. The molecule has 1 atom stereocenters. The molecule has 0 amide bonds. The van der Waals surface area contributed by atoms with Gasteiger partial charge in [0.15, 0.2) is 10.8 Å². The second-order valence-electron chi connectivity index (χ2n) is 9.33. The summed E-state index contributed by atoms with van der Waals surface area (Å²) in [6.45, 7) is 12.8. The molecule has 0 bridgehead atoms. The van der Waals surface area contributed by atoms with Crippen molar-refractivity contribution >= 4 is 33.2 Å². The summed E-state index contributed by atoms with van der Waals surface area (Å²) in [7, 11) is 0. The Labute approximate surface area is 182 Å². The summed E-state index contributed by atoms with van der Waals surface area (Å²) in [5, 5.41) is 11.2. The van der Waals surface area contributed by atoms with Crippen LogP contribution in [0.1, 0.15) is 49.5 Å². The predicted molar refractivity (Wildman–Crippen MR) is 124 cm³/mol. The second-order valence-corrected chi connectivity index (χ2v) is 10.3. The van der Waals surface area contributed by atoms with E-state index in [0.717, 1.165) is 43.2 Å². The summed E-state index contributed by atoms with van der Waals surface area (Å²) in [6.07, 6.45) is 3.42. The molecule has 3 heterocycles. The lowest BCUT2D eigenvalue weighted by atomic mass is 9.96. The van der Waals surface area contributed by atoms with E-state index in [2.05, 4.69) is 77.1 Å². The van der Waals surface area contributed by atoms with Crippen molar-refractivity contribution in [3.8, 4) is 0 Å². The number of carbonyl (C=O) groups excluding carboxylic acids is 1. The number of aromatic amines is 1. The zero-order valence-corrected chi connectivity index (χ0v) is 19.1. The summed E-state index contributed by atoms with van der Waals surface area (Å²) < 4.78 is 0. The van der Waals surface area contributed by atoms with E-state index in [1.165, 1.54) is 22.3 Å². The highest BCUT2D eigenvalue weighted by molar-refractivity contribution is 7.17. The number of piperazine rings is 1. The van der Waals surface area contributed by atoms with Gasteiger partial charge in [0.25, 0.3) is 0 Å². The van der Waals surface area contributed by atoms with Crippen molar-refractivity contribution in [3.05, 3.63) is 41.0 Å². The van der Waals surface area contributed by atoms with Gasteiger partial charge in [0.1, 0.15) is 0 Å². The minimum absolute atomic E-state index is 0.0967. The maximum absolute atomic E-state index is 12.8. The molecular formula is C23H31N5OS. The average Bonchev–Trinajstić information content (AvgIpc) is 3.35. The third-order valence-electron chi connectivity index (χ3n) is 5.93. The third kappa shape index (κ3) is 4.57. The molecule has 1 aliphatic rings. The first-order valence-corrected chi connectivity index (χ1v) is 11.5. The number of nitrogens with one attached hydrogen (secondary N) is 1. The van der Waals surface area contributed by atoms with Crippen molar-refractivity contribution < 1.29 is 4.79 Å². The predicted octanol–water partition coefficient (Wildman–Crippen LogP) is 4.39. The first kappa shape index (κ1) is 21.0. The van der Waals surface area contributed by atoms with E-state index < -0.39 is 0 Å². The number of hydrogen-bond donors (Lipinski definition) is 1. The number of rotatable bonds is 6. The van der Waals surface area contributed by atoms with Crippen molar-refractivity contribution in [1.29, 1.82) is 0 Å². The fourth-order valence-electron chi connectivity index (χ4n) is 4.18. The van der Waals surface area contributed by atoms with Crippen molar-refractivity contribution in [2.75, 3.05) is 31.1 Å². The minimum atomic E-state index is 0.0967. The normalized spacial score (nSPS) is 16.9. The summed E-state index contributed by atoms with van der Waals surface area (Å²) >= 11 is 1.44. The number of hydrogen-bond acceptors (Lipinski definition) is 6. The maximum atomic E-state index is 12.8. The van der Waals surface area contributed by atoms with E-state index in [9.17, 15) is 4.79 Å². The van der Waals surface area contributed by atoms with Crippen molar-refractivity contribution in [2.45, 2.75) is 46.1 Å². The molecule has 1 N–H and O–H groups in total. The Kier molecular flexibility index (Phi) is 5.93. The molecule has 30 heavy (non-hydrogen) atoms. The molecule has 0 aliphatic carbocycles. The molecule has 0 radical (unpaired) electrons. The van der Waals surface area contributed by atoms with Crippen LogP contribution in [0.4, 0.5) is 5.13 Å². The third-order valence-corrected chi connectivity index (χ3v) is 6.95. The molecule has 7 heteroatoms. The Hall–Kier alpha value is -2.25. The van der Waals surface area contributed by atoms with E-state index in [0.29, 0.717) is 11.4 Å². The highest BCUT2D eigenvalue weighted by Crippen LogP contribution is 2.27. The van der Waals surface area contributed by atoms with Crippen molar-refractivity contribution in [1.82, 2.24) is 20.1 Å². The average molecular weight is 426 g/mol. The topological polar surface area (TPSA) is 65.1 Å². The minimum Gasteiger partial charge on any atom is -0.361 e. The SMILES string of the molecule is CC(CC(=O)c1nnc(N2CCN(C(C)(C)C)CC2)s1)Cc1c[nH]c2ccccc12. The number of ketones is 1. The Morgan fingerprint density at radius 3 is 2.63 bits per heavy atom. The summed E-state index contributed by atoms with van der Waals surface area (Å²) in [4.78, 5) is 20.9. The molecule has 4 rings (SSSR count). The molecule has 0 spiro atoms. The van der Waals surface area contributed by atoms with Crippen LogP contribution < -0.4 is 4.90 Å². The summed E-state index contributed by atoms with van der Waals surface area (Å²) in [5.74, 6) is 0.346. The zero-order valence-electron chi connectivity index (χ0n) is 18.3. The number of nitrogens with zero attached hydrogens (tertiary/aromatic N) is 4. The highest BCUT2D eigenvalue weighted by atomic mass is 32.1.